The molecule has 0 saturated carbocycles. The molecule has 0 aliphatic heterocycles. The average Bonchev–Trinajstić information content (AvgIpc) is 2.80. The summed E-state index contributed by atoms with van der Waals surface area (Å²) in [7, 11) is 0. The van der Waals surface area contributed by atoms with Gasteiger partial charge in [-0.1, -0.05) is 47.5 Å². The van der Waals surface area contributed by atoms with Crippen molar-refractivity contribution >= 4 is 35.3 Å². The van der Waals surface area contributed by atoms with Crippen molar-refractivity contribution in [3.05, 3.63) is 94.0 Å². The smallest absolute Gasteiger partial charge is 0.240 e. The third-order valence-corrected chi connectivity index (χ3v) is 5.21. The molecule has 0 atom stereocenters. The number of benzene rings is 3. The van der Waals surface area contributed by atoms with Crippen molar-refractivity contribution < 1.29 is 14.3 Å². The fourth-order valence-electron chi connectivity index (χ4n) is 2.97. The van der Waals surface area contributed by atoms with E-state index in [1.807, 2.05) is 62.4 Å². The van der Waals surface area contributed by atoms with Gasteiger partial charge in [0, 0.05) is 23.6 Å². The summed E-state index contributed by atoms with van der Waals surface area (Å²) in [6.07, 6.45) is 1.60. The fraction of sp³-hybridized carbons (Fsp3) is 0.192. The maximum Gasteiger partial charge on any atom is 0.240 e. The lowest BCUT2D eigenvalue weighted by atomic mass is 10.1. The van der Waals surface area contributed by atoms with Crippen molar-refractivity contribution in [3.63, 3.8) is 0 Å². The van der Waals surface area contributed by atoms with E-state index in [2.05, 4.69) is 21.9 Å². The molecule has 170 valence electrons. The third-order valence-electron chi connectivity index (χ3n) is 4.81. The molecular weight excluding hydrogens is 438 g/mol. The Morgan fingerprint density at radius 2 is 1.73 bits per heavy atom. The first-order valence-electron chi connectivity index (χ1n) is 10.6. The Morgan fingerprint density at radius 1 is 0.970 bits per heavy atom. The second-order valence-corrected chi connectivity index (χ2v) is 8.06. The molecule has 0 saturated heterocycles. The number of carbonyl (C=O) groups is 2. The van der Waals surface area contributed by atoms with Gasteiger partial charge in [-0.2, -0.15) is 5.10 Å². The first kappa shape index (κ1) is 24.0. The quantitative estimate of drug-likeness (QED) is 0.329. The zero-order valence-corrected chi connectivity index (χ0v) is 19.4. The molecule has 0 fully saturated rings. The Bertz CT molecular complexity index is 1140. The van der Waals surface area contributed by atoms with Crippen LogP contribution >= 0.6 is 11.6 Å². The van der Waals surface area contributed by atoms with E-state index in [0.717, 1.165) is 22.4 Å². The van der Waals surface area contributed by atoms with Gasteiger partial charge in [0.2, 0.25) is 11.8 Å². The van der Waals surface area contributed by atoms with Crippen molar-refractivity contribution in [3.8, 4) is 5.75 Å². The van der Waals surface area contributed by atoms with Crippen LogP contribution in [0.25, 0.3) is 0 Å². The average molecular weight is 464 g/mol. The number of nitrogens with one attached hydrogen (secondary N) is 2. The highest BCUT2D eigenvalue weighted by Gasteiger charge is 2.07. The SMILES string of the molecule is Cc1cccc(COc2ccc(C=NNC(=O)CCC(=O)Nc3ccc(C)c(Cl)c3)cc2)c1. The Balaban J connectivity index is 1.38. The largest absolute Gasteiger partial charge is 0.489 e. The summed E-state index contributed by atoms with van der Waals surface area (Å²) in [5.74, 6) is 0.135. The summed E-state index contributed by atoms with van der Waals surface area (Å²) >= 11 is 6.05. The number of carbonyl (C=O) groups excluding carboxylic acids is 2. The van der Waals surface area contributed by atoms with E-state index < -0.39 is 0 Å². The van der Waals surface area contributed by atoms with Gasteiger partial charge in [-0.15, -0.1) is 0 Å². The molecule has 0 unspecified atom stereocenters. The topological polar surface area (TPSA) is 79.8 Å². The lowest BCUT2D eigenvalue weighted by molar-refractivity contribution is -0.124. The molecule has 2 N–H and O–H groups in total. The monoisotopic (exact) mass is 463 g/mol. The minimum absolute atomic E-state index is 0.0223. The van der Waals surface area contributed by atoms with Gasteiger partial charge in [0.1, 0.15) is 12.4 Å². The van der Waals surface area contributed by atoms with E-state index in [4.69, 9.17) is 16.3 Å². The molecule has 0 aliphatic rings. The third kappa shape index (κ3) is 8.09. The van der Waals surface area contributed by atoms with E-state index in [9.17, 15) is 9.59 Å². The molecule has 0 heterocycles. The minimum Gasteiger partial charge on any atom is -0.489 e. The zero-order valence-electron chi connectivity index (χ0n) is 18.6. The molecule has 6 nitrogen and oxygen atoms in total. The Hall–Kier alpha value is -3.64. The molecule has 0 aromatic heterocycles. The van der Waals surface area contributed by atoms with Crippen molar-refractivity contribution in [1.82, 2.24) is 5.43 Å². The Kier molecular flexibility index (Phi) is 8.61. The van der Waals surface area contributed by atoms with Crippen molar-refractivity contribution in [2.24, 2.45) is 5.10 Å². The number of amides is 2. The van der Waals surface area contributed by atoms with E-state index in [-0.39, 0.29) is 24.7 Å². The van der Waals surface area contributed by atoms with Crippen LogP contribution in [0.4, 0.5) is 5.69 Å². The fourth-order valence-corrected chi connectivity index (χ4v) is 3.16. The Labute approximate surface area is 198 Å². The predicted octanol–water partition coefficient (Wildman–Crippen LogP) is 5.40. The number of rotatable bonds is 9. The van der Waals surface area contributed by atoms with Crippen LogP contribution in [-0.4, -0.2) is 18.0 Å². The number of nitrogens with zero attached hydrogens (tertiary/aromatic N) is 1. The number of ether oxygens (including phenoxy) is 1. The first-order valence-corrected chi connectivity index (χ1v) is 10.9. The number of hydrogen-bond acceptors (Lipinski definition) is 4. The van der Waals surface area contributed by atoms with Crippen LogP contribution in [0, 0.1) is 13.8 Å². The molecule has 3 aromatic rings. The van der Waals surface area contributed by atoms with Crippen LogP contribution in [0.3, 0.4) is 0 Å². The molecule has 33 heavy (non-hydrogen) atoms. The summed E-state index contributed by atoms with van der Waals surface area (Å²) in [4.78, 5) is 24.0. The number of hydrazone groups is 1. The molecule has 0 aliphatic carbocycles. The van der Waals surface area contributed by atoms with Crippen LogP contribution < -0.4 is 15.5 Å². The van der Waals surface area contributed by atoms with Gasteiger partial charge in [-0.05, 0) is 66.9 Å². The number of anilines is 1. The van der Waals surface area contributed by atoms with Gasteiger partial charge in [0.15, 0.2) is 0 Å². The number of aryl methyl sites for hydroxylation is 2. The van der Waals surface area contributed by atoms with Crippen molar-refractivity contribution in [2.45, 2.75) is 33.3 Å². The highest BCUT2D eigenvalue weighted by Crippen LogP contribution is 2.20. The molecule has 0 spiro atoms. The first-order chi connectivity index (χ1) is 15.9. The highest BCUT2D eigenvalue weighted by atomic mass is 35.5. The molecular formula is C26H26ClN3O3. The second kappa shape index (κ2) is 11.8. The van der Waals surface area contributed by atoms with Gasteiger partial charge < -0.3 is 10.1 Å². The maximum atomic E-state index is 12.0. The number of hydrogen-bond donors (Lipinski definition) is 2. The molecule has 3 rings (SSSR count). The van der Waals surface area contributed by atoms with Crippen molar-refractivity contribution in [2.75, 3.05) is 5.32 Å². The molecule has 2 amide bonds. The maximum absolute atomic E-state index is 12.0. The van der Waals surface area contributed by atoms with E-state index in [1.165, 1.54) is 11.8 Å². The van der Waals surface area contributed by atoms with Crippen LogP contribution in [0.5, 0.6) is 5.75 Å². The summed E-state index contributed by atoms with van der Waals surface area (Å²) in [6.45, 7) is 4.43. The Morgan fingerprint density at radius 3 is 2.45 bits per heavy atom. The van der Waals surface area contributed by atoms with Crippen LogP contribution in [0.2, 0.25) is 5.02 Å². The van der Waals surface area contributed by atoms with Crippen molar-refractivity contribution in [1.29, 1.82) is 0 Å². The number of halogens is 1. The van der Waals surface area contributed by atoms with Gasteiger partial charge in [-0.3, -0.25) is 9.59 Å². The zero-order chi connectivity index (χ0) is 23.6. The lowest BCUT2D eigenvalue weighted by Gasteiger charge is -2.07. The minimum atomic E-state index is -0.346. The lowest BCUT2D eigenvalue weighted by Crippen LogP contribution is -2.20. The van der Waals surface area contributed by atoms with Crippen LogP contribution in [0.15, 0.2) is 71.8 Å². The standard InChI is InChI=1S/C26H26ClN3O3/c1-18-4-3-5-21(14-18)17-33-23-10-7-20(8-11-23)16-28-30-26(32)13-12-25(31)29-22-9-6-19(2)24(27)15-22/h3-11,14-16H,12-13,17H2,1-2H3,(H,29,31)(H,30,32). The van der Waals surface area contributed by atoms with Gasteiger partial charge in [0.25, 0.3) is 0 Å². The van der Waals surface area contributed by atoms with Crippen LogP contribution in [-0.2, 0) is 16.2 Å². The molecule has 7 heteroatoms. The van der Waals surface area contributed by atoms with E-state index in [1.54, 1.807) is 12.1 Å². The summed E-state index contributed by atoms with van der Waals surface area (Å²) in [5, 5.41) is 7.24. The normalized spacial score (nSPS) is 10.8. The van der Waals surface area contributed by atoms with E-state index >= 15 is 0 Å². The molecule has 0 radical (unpaired) electrons. The van der Waals surface area contributed by atoms with Gasteiger partial charge in [0.05, 0.1) is 6.21 Å². The van der Waals surface area contributed by atoms with Gasteiger partial charge >= 0.3 is 0 Å². The molecule has 3 aromatic carbocycles. The molecule has 0 bridgehead atoms. The highest BCUT2D eigenvalue weighted by molar-refractivity contribution is 6.31. The predicted molar refractivity (Wildman–Crippen MR) is 132 cm³/mol. The van der Waals surface area contributed by atoms with Gasteiger partial charge in [-0.25, -0.2) is 5.43 Å². The summed E-state index contributed by atoms with van der Waals surface area (Å²) in [6, 6.07) is 20.8. The van der Waals surface area contributed by atoms with E-state index in [0.29, 0.717) is 17.3 Å². The summed E-state index contributed by atoms with van der Waals surface area (Å²) < 4.78 is 5.79. The summed E-state index contributed by atoms with van der Waals surface area (Å²) in [5.41, 5.74) is 7.08. The second-order valence-electron chi connectivity index (χ2n) is 7.65. The van der Waals surface area contributed by atoms with Crippen LogP contribution in [0.1, 0.15) is 35.1 Å².